The van der Waals surface area contributed by atoms with E-state index in [1.807, 2.05) is 0 Å². The first kappa shape index (κ1) is 12.7. The molecular weight excluding hydrogens is 230 g/mol. The summed E-state index contributed by atoms with van der Waals surface area (Å²) in [6, 6.07) is 3.71. The molecule has 1 fully saturated rings. The molecule has 2 heterocycles. The highest BCUT2D eigenvalue weighted by Gasteiger charge is 2.12. The molecule has 0 bridgehead atoms. The number of nitrogens with zero attached hydrogens (tertiary/aromatic N) is 3. The number of aromatic nitrogens is 2. The second-order valence-electron chi connectivity index (χ2n) is 4.15. The van der Waals surface area contributed by atoms with Crippen molar-refractivity contribution in [3.05, 3.63) is 17.8 Å². The topological polar surface area (TPSA) is 82.9 Å². The number of nitrogens with one attached hydrogen (secondary N) is 2. The fourth-order valence-corrected chi connectivity index (χ4v) is 1.91. The quantitative estimate of drug-likeness (QED) is 0.738. The van der Waals surface area contributed by atoms with Crippen LogP contribution in [0.1, 0.15) is 18.4 Å². The SMILES string of the molecule is N#Cc1ccnnc1NCCOC1CCNCC1. The van der Waals surface area contributed by atoms with Crippen LogP contribution in [-0.4, -0.2) is 42.5 Å². The van der Waals surface area contributed by atoms with Crippen molar-refractivity contribution in [1.29, 1.82) is 5.26 Å². The molecule has 6 nitrogen and oxygen atoms in total. The van der Waals surface area contributed by atoms with Crippen LogP contribution in [0.3, 0.4) is 0 Å². The predicted octanol–water partition coefficient (Wildman–Crippen LogP) is 0.529. The summed E-state index contributed by atoms with van der Waals surface area (Å²) in [4.78, 5) is 0. The van der Waals surface area contributed by atoms with Gasteiger partial charge in [0.15, 0.2) is 5.82 Å². The van der Waals surface area contributed by atoms with Gasteiger partial charge in [0.2, 0.25) is 0 Å². The van der Waals surface area contributed by atoms with Gasteiger partial charge in [-0.1, -0.05) is 0 Å². The Kier molecular flexibility index (Phi) is 4.88. The Morgan fingerprint density at radius 2 is 2.33 bits per heavy atom. The predicted molar refractivity (Wildman–Crippen MR) is 67.1 cm³/mol. The number of piperidine rings is 1. The Morgan fingerprint density at radius 3 is 3.11 bits per heavy atom. The monoisotopic (exact) mass is 247 g/mol. The van der Waals surface area contributed by atoms with Crippen LogP contribution in [0.15, 0.2) is 12.3 Å². The van der Waals surface area contributed by atoms with Crippen LogP contribution < -0.4 is 10.6 Å². The van der Waals surface area contributed by atoms with E-state index >= 15 is 0 Å². The third kappa shape index (κ3) is 3.65. The number of hydrogen-bond acceptors (Lipinski definition) is 6. The Hall–Kier alpha value is -1.71. The van der Waals surface area contributed by atoms with Crippen molar-refractivity contribution in [1.82, 2.24) is 15.5 Å². The minimum absolute atomic E-state index is 0.352. The van der Waals surface area contributed by atoms with Gasteiger partial charge in [-0.3, -0.25) is 0 Å². The number of ether oxygens (including phenoxy) is 1. The van der Waals surface area contributed by atoms with Crippen molar-refractivity contribution < 1.29 is 4.74 Å². The summed E-state index contributed by atoms with van der Waals surface area (Å²) in [5, 5.41) is 22.9. The third-order valence-electron chi connectivity index (χ3n) is 2.88. The molecule has 2 rings (SSSR count). The average molecular weight is 247 g/mol. The second-order valence-corrected chi connectivity index (χ2v) is 4.15. The van der Waals surface area contributed by atoms with Crippen molar-refractivity contribution >= 4 is 5.82 Å². The molecule has 0 radical (unpaired) electrons. The maximum Gasteiger partial charge on any atom is 0.166 e. The van der Waals surface area contributed by atoms with Gasteiger partial charge < -0.3 is 15.4 Å². The smallest absolute Gasteiger partial charge is 0.166 e. The second kappa shape index (κ2) is 6.89. The van der Waals surface area contributed by atoms with Gasteiger partial charge in [0.05, 0.1) is 24.5 Å². The third-order valence-corrected chi connectivity index (χ3v) is 2.88. The molecule has 1 aromatic rings. The van der Waals surface area contributed by atoms with Crippen molar-refractivity contribution in [2.45, 2.75) is 18.9 Å². The van der Waals surface area contributed by atoms with Crippen LogP contribution in [0.4, 0.5) is 5.82 Å². The lowest BCUT2D eigenvalue weighted by atomic mass is 10.1. The molecule has 0 atom stereocenters. The van der Waals surface area contributed by atoms with Crippen LogP contribution in [0.25, 0.3) is 0 Å². The summed E-state index contributed by atoms with van der Waals surface area (Å²) < 4.78 is 5.74. The van der Waals surface area contributed by atoms with Gasteiger partial charge in [0.1, 0.15) is 6.07 Å². The molecule has 1 aliphatic heterocycles. The van der Waals surface area contributed by atoms with Crippen LogP contribution in [0.5, 0.6) is 0 Å². The number of hydrogen-bond donors (Lipinski definition) is 2. The standard InChI is InChI=1S/C12H17N5O/c13-9-10-1-6-16-17-12(10)15-7-8-18-11-2-4-14-5-3-11/h1,6,11,14H,2-5,7-8H2,(H,15,17). The van der Waals surface area contributed by atoms with Crippen LogP contribution in [0, 0.1) is 11.3 Å². The Morgan fingerprint density at radius 1 is 1.50 bits per heavy atom. The summed E-state index contributed by atoms with van der Waals surface area (Å²) >= 11 is 0. The minimum Gasteiger partial charge on any atom is -0.376 e. The molecule has 6 heteroatoms. The molecule has 1 aliphatic rings. The zero-order valence-corrected chi connectivity index (χ0v) is 10.2. The van der Waals surface area contributed by atoms with E-state index in [0.29, 0.717) is 30.6 Å². The number of anilines is 1. The zero-order valence-electron chi connectivity index (χ0n) is 10.2. The zero-order chi connectivity index (χ0) is 12.6. The summed E-state index contributed by atoms with van der Waals surface area (Å²) in [6.45, 7) is 3.31. The minimum atomic E-state index is 0.352. The van der Waals surface area contributed by atoms with Gasteiger partial charge in [-0.15, -0.1) is 5.10 Å². The van der Waals surface area contributed by atoms with Crippen molar-refractivity contribution in [2.24, 2.45) is 0 Å². The molecule has 0 saturated carbocycles. The lowest BCUT2D eigenvalue weighted by Gasteiger charge is -2.23. The van der Waals surface area contributed by atoms with Crippen molar-refractivity contribution in [2.75, 3.05) is 31.6 Å². The molecule has 0 amide bonds. The van der Waals surface area contributed by atoms with E-state index in [1.54, 1.807) is 6.07 Å². The van der Waals surface area contributed by atoms with E-state index in [0.717, 1.165) is 25.9 Å². The normalized spacial score (nSPS) is 16.2. The maximum absolute atomic E-state index is 8.88. The number of rotatable bonds is 5. The molecule has 2 N–H and O–H groups in total. The molecule has 0 unspecified atom stereocenters. The molecule has 0 aliphatic carbocycles. The highest BCUT2D eigenvalue weighted by Crippen LogP contribution is 2.09. The van der Waals surface area contributed by atoms with Gasteiger partial charge in [-0.25, -0.2) is 0 Å². The van der Waals surface area contributed by atoms with Gasteiger partial charge >= 0.3 is 0 Å². The first-order valence-corrected chi connectivity index (χ1v) is 6.18. The molecule has 0 spiro atoms. The molecule has 18 heavy (non-hydrogen) atoms. The van der Waals surface area contributed by atoms with Crippen LogP contribution >= 0.6 is 0 Å². The average Bonchev–Trinajstić information content (AvgIpc) is 2.45. The summed E-state index contributed by atoms with van der Waals surface area (Å²) in [5.41, 5.74) is 0.506. The van der Waals surface area contributed by atoms with E-state index in [-0.39, 0.29) is 0 Å². The fraction of sp³-hybridized carbons (Fsp3) is 0.583. The molecule has 96 valence electrons. The van der Waals surface area contributed by atoms with E-state index in [9.17, 15) is 0 Å². The summed E-state index contributed by atoms with van der Waals surface area (Å²) in [6.07, 6.45) is 3.99. The molecular formula is C12H17N5O. The van der Waals surface area contributed by atoms with Crippen LogP contribution in [0.2, 0.25) is 0 Å². The van der Waals surface area contributed by atoms with Gasteiger partial charge in [-0.05, 0) is 32.0 Å². The lowest BCUT2D eigenvalue weighted by molar-refractivity contribution is 0.0394. The van der Waals surface area contributed by atoms with Crippen molar-refractivity contribution in [3.8, 4) is 6.07 Å². The molecule has 0 aromatic carbocycles. The largest absolute Gasteiger partial charge is 0.376 e. The Labute approximate surface area is 106 Å². The maximum atomic E-state index is 8.88. The summed E-state index contributed by atoms with van der Waals surface area (Å²) in [5.74, 6) is 0.522. The fourth-order valence-electron chi connectivity index (χ4n) is 1.91. The first-order valence-electron chi connectivity index (χ1n) is 6.18. The van der Waals surface area contributed by atoms with Crippen molar-refractivity contribution in [3.63, 3.8) is 0 Å². The van der Waals surface area contributed by atoms with Gasteiger partial charge in [0.25, 0.3) is 0 Å². The Bertz CT molecular complexity index is 411. The molecule has 1 saturated heterocycles. The van der Waals surface area contributed by atoms with E-state index in [2.05, 4.69) is 26.9 Å². The molecule has 1 aromatic heterocycles. The number of nitriles is 1. The highest BCUT2D eigenvalue weighted by molar-refractivity contribution is 5.49. The first-order chi connectivity index (χ1) is 8.90. The van der Waals surface area contributed by atoms with E-state index in [1.165, 1.54) is 6.20 Å². The van der Waals surface area contributed by atoms with E-state index < -0.39 is 0 Å². The Balaban J connectivity index is 1.70. The highest BCUT2D eigenvalue weighted by atomic mass is 16.5. The van der Waals surface area contributed by atoms with Gasteiger partial charge in [-0.2, -0.15) is 10.4 Å². The van der Waals surface area contributed by atoms with E-state index in [4.69, 9.17) is 10.00 Å². The summed E-state index contributed by atoms with van der Waals surface area (Å²) in [7, 11) is 0. The lowest BCUT2D eigenvalue weighted by Crippen LogP contribution is -2.33. The van der Waals surface area contributed by atoms with Gasteiger partial charge in [0, 0.05) is 6.54 Å². The van der Waals surface area contributed by atoms with Crippen LogP contribution in [-0.2, 0) is 4.74 Å².